The van der Waals surface area contributed by atoms with E-state index in [0.717, 1.165) is 12.1 Å². The van der Waals surface area contributed by atoms with Gasteiger partial charge in [0.2, 0.25) is 11.8 Å². The Bertz CT molecular complexity index is 627. The molecule has 4 atom stereocenters. The summed E-state index contributed by atoms with van der Waals surface area (Å²) >= 11 is 5.93. The van der Waals surface area contributed by atoms with Gasteiger partial charge in [-0.25, -0.2) is 0 Å². The Morgan fingerprint density at radius 2 is 1.81 bits per heavy atom. The van der Waals surface area contributed by atoms with Crippen LogP contribution in [0.2, 0.25) is 5.02 Å². The highest BCUT2D eigenvalue weighted by Gasteiger charge is 2.59. The fourth-order valence-corrected chi connectivity index (χ4v) is 4.08. The molecular weight excluding hydrogens is 288 g/mol. The Kier molecular flexibility index (Phi) is 2.82. The van der Waals surface area contributed by atoms with Gasteiger partial charge >= 0.3 is 0 Å². The summed E-state index contributed by atoms with van der Waals surface area (Å²) in [5.41, 5.74) is 0.807. The molecule has 108 valence electrons. The van der Waals surface area contributed by atoms with Crippen LogP contribution in [0.15, 0.2) is 36.4 Å². The Hall–Kier alpha value is -1.81. The number of hydrogen-bond donors (Lipinski definition) is 1. The van der Waals surface area contributed by atoms with Gasteiger partial charge in [-0.05, 0) is 36.5 Å². The second-order valence-corrected chi connectivity index (χ2v) is 6.39. The summed E-state index contributed by atoms with van der Waals surface area (Å²) in [6.45, 7) is 0.213. The van der Waals surface area contributed by atoms with E-state index in [-0.39, 0.29) is 42.2 Å². The number of carbonyl (C=O) groups is 2. The summed E-state index contributed by atoms with van der Waals surface area (Å²) in [7, 11) is 0. The van der Waals surface area contributed by atoms with E-state index < -0.39 is 0 Å². The normalized spacial score (nSPS) is 32.9. The molecule has 1 aromatic rings. The number of nitrogens with zero attached hydrogens (tertiary/aromatic N) is 1. The van der Waals surface area contributed by atoms with Gasteiger partial charge in [0, 0.05) is 10.7 Å². The highest BCUT2D eigenvalue weighted by atomic mass is 35.5. The number of nitrogens with one attached hydrogen (secondary N) is 1. The van der Waals surface area contributed by atoms with E-state index >= 15 is 0 Å². The van der Waals surface area contributed by atoms with Crippen molar-refractivity contribution in [2.45, 2.75) is 6.42 Å². The zero-order valence-electron chi connectivity index (χ0n) is 11.3. The van der Waals surface area contributed by atoms with Crippen LogP contribution in [0.3, 0.4) is 0 Å². The number of carbonyl (C=O) groups excluding carboxylic acids is 2. The summed E-state index contributed by atoms with van der Waals surface area (Å²) in [5.74, 6) is 0.190. The summed E-state index contributed by atoms with van der Waals surface area (Å²) in [5, 5.41) is 3.73. The van der Waals surface area contributed by atoms with Crippen molar-refractivity contribution in [1.82, 2.24) is 4.90 Å². The summed E-state index contributed by atoms with van der Waals surface area (Å²) in [6.07, 6.45) is 5.16. The van der Waals surface area contributed by atoms with E-state index in [4.69, 9.17) is 11.6 Å². The maximum Gasteiger partial charge on any atom is 0.235 e. The Balaban J connectivity index is 1.50. The van der Waals surface area contributed by atoms with Gasteiger partial charge in [0.25, 0.3) is 0 Å². The van der Waals surface area contributed by atoms with E-state index in [1.54, 1.807) is 12.1 Å². The van der Waals surface area contributed by atoms with Gasteiger partial charge in [-0.1, -0.05) is 29.8 Å². The average molecular weight is 303 g/mol. The lowest BCUT2D eigenvalue weighted by atomic mass is 9.85. The summed E-state index contributed by atoms with van der Waals surface area (Å²) < 4.78 is 0. The van der Waals surface area contributed by atoms with Crippen LogP contribution in [0.4, 0.5) is 5.69 Å². The molecule has 1 saturated carbocycles. The number of anilines is 1. The quantitative estimate of drug-likeness (QED) is 0.689. The van der Waals surface area contributed by atoms with Gasteiger partial charge < -0.3 is 5.32 Å². The molecule has 21 heavy (non-hydrogen) atoms. The first-order valence-corrected chi connectivity index (χ1v) is 7.56. The first-order chi connectivity index (χ1) is 10.1. The summed E-state index contributed by atoms with van der Waals surface area (Å²) in [6, 6.07) is 7.26. The maximum absolute atomic E-state index is 12.5. The Morgan fingerprint density at radius 1 is 1.14 bits per heavy atom. The van der Waals surface area contributed by atoms with Crippen LogP contribution in [0, 0.1) is 23.7 Å². The molecule has 1 aliphatic heterocycles. The van der Waals surface area contributed by atoms with Crippen molar-refractivity contribution in [3.63, 3.8) is 0 Å². The van der Waals surface area contributed by atoms with Crippen molar-refractivity contribution >= 4 is 29.1 Å². The van der Waals surface area contributed by atoms with E-state index in [9.17, 15) is 9.59 Å². The fourth-order valence-electron chi connectivity index (χ4n) is 3.89. The number of likely N-dealkylation sites (tertiary alicyclic amines) is 1. The third-order valence-corrected chi connectivity index (χ3v) is 5.06. The standard InChI is InChI=1S/C16H15ClN2O2/c17-11-2-1-3-12(7-11)18-8-19-15(20)13-9-4-5-10(6-9)14(13)16(19)21/h1-5,7,9-10,13-14,18H,6,8H2/t9-,10-,13-,14+/m1/s1. The molecular formula is C16H15ClN2O2. The predicted molar refractivity (Wildman–Crippen MR) is 79.5 cm³/mol. The first-order valence-electron chi connectivity index (χ1n) is 7.18. The fraction of sp³-hybridized carbons (Fsp3) is 0.375. The highest BCUT2D eigenvalue weighted by Crippen LogP contribution is 2.52. The third-order valence-electron chi connectivity index (χ3n) is 4.83. The molecule has 4 rings (SSSR count). The average Bonchev–Trinajstić information content (AvgIpc) is 3.12. The molecule has 3 aliphatic rings. The molecule has 2 aliphatic carbocycles. The minimum Gasteiger partial charge on any atom is -0.367 e. The minimum absolute atomic E-state index is 0.0311. The van der Waals surface area contributed by atoms with Gasteiger partial charge in [0.05, 0.1) is 18.5 Å². The van der Waals surface area contributed by atoms with Gasteiger partial charge in [0.15, 0.2) is 0 Å². The van der Waals surface area contributed by atoms with Crippen LogP contribution < -0.4 is 5.32 Å². The molecule has 1 N–H and O–H groups in total. The molecule has 0 unspecified atom stereocenters. The van der Waals surface area contributed by atoms with E-state index in [1.165, 1.54) is 4.90 Å². The van der Waals surface area contributed by atoms with Crippen LogP contribution in [-0.4, -0.2) is 23.4 Å². The lowest BCUT2D eigenvalue weighted by Gasteiger charge is -2.18. The van der Waals surface area contributed by atoms with Crippen LogP contribution in [0.1, 0.15) is 6.42 Å². The van der Waals surface area contributed by atoms with Crippen molar-refractivity contribution in [1.29, 1.82) is 0 Å². The van der Waals surface area contributed by atoms with Crippen molar-refractivity contribution in [2.24, 2.45) is 23.7 Å². The van der Waals surface area contributed by atoms with Crippen LogP contribution in [0.5, 0.6) is 0 Å². The topological polar surface area (TPSA) is 49.4 Å². The molecule has 1 heterocycles. The molecule has 1 aromatic carbocycles. The largest absolute Gasteiger partial charge is 0.367 e. The number of benzene rings is 1. The van der Waals surface area contributed by atoms with Gasteiger partial charge in [0.1, 0.15) is 0 Å². The van der Waals surface area contributed by atoms with Crippen molar-refractivity contribution in [3.8, 4) is 0 Å². The first kappa shape index (κ1) is 12.9. The van der Waals surface area contributed by atoms with Gasteiger partial charge in [-0.15, -0.1) is 0 Å². The second-order valence-electron chi connectivity index (χ2n) is 5.95. The zero-order chi connectivity index (χ0) is 14.6. The van der Waals surface area contributed by atoms with E-state index in [0.29, 0.717) is 5.02 Å². The molecule has 0 aromatic heterocycles. The zero-order valence-corrected chi connectivity index (χ0v) is 12.1. The number of allylic oxidation sites excluding steroid dienone is 2. The van der Waals surface area contributed by atoms with Crippen molar-refractivity contribution < 1.29 is 9.59 Å². The van der Waals surface area contributed by atoms with Gasteiger partial charge in [-0.3, -0.25) is 14.5 Å². The number of amides is 2. The summed E-state index contributed by atoms with van der Waals surface area (Å²) in [4.78, 5) is 26.3. The monoisotopic (exact) mass is 302 g/mol. The molecule has 4 nitrogen and oxygen atoms in total. The number of hydrogen-bond acceptors (Lipinski definition) is 3. The second kappa shape index (κ2) is 4.60. The van der Waals surface area contributed by atoms with Gasteiger partial charge in [-0.2, -0.15) is 0 Å². The van der Waals surface area contributed by atoms with Crippen LogP contribution >= 0.6 is 11.6 Å². The Labute approximate surface area is 127 Å². The molecule has 2 amide bonds. The van der Waals surface area contributed by atoms with Crippen LogP contribution in [-0.2, 0) is 9.59 Å². The maximum atomic E-state index is 12.5. The molecule has 2 bridgehead atoms. The number of halogens is 1. The predicted octanol–water partition coefficient (Wildman–Crippen LogP) is 2.52. The third kappa shape index (κ3) is 1.89. The van der Waals surface area contributed by atoms with Crippen LogP contribution in [0.25, 0.3) is 0 Å². The molecule has 5 heteroatoms. The highest BCUT2D eigenvalue weighted by molar-refractivity contribution is 6.30. The lowest BCUT2D eigenvalue weighted by molar-refractivity contribution is -0.140. The smallest absolute Gasteiger partial charge is 0.235 e. The molecule has 0 radical (unpaired) electrons. The number of fused-ring (bicyclic) bond motifs is 5. The van der Waals surface area contributed by atoms with E-state index in [2.05, 4.69) is 17.5 Å². The molecule has 2 fully saturated rings. The minimum atomic E-state index is -0.131. The van der Waals surface area contributed by atoms with Crippen molar-refractivity contribution in [3.05, 3.63) is 41.4 Å². The number of rotatable bonds is 3. The SMILES string of the molecule is O=C1[C@@H]2[C@H](C(=O)N1CNc1cccc(Cl)c1)[C@@H]1C=C[C@@H]2C1. The molecule has 1 saturated heterocycles. The molecule has 0 spiro atoms. The van der Waals surface area contributed by atoms with E-state index in [1.807, 2.05) is 12.1 Å². The lowest BCUT2D eigenvalue weighted by Crippen LogP contribution is -2.37. The van der Waals surface area contributed by atoms with Crippen molar-refractivity contribution in [2.75, 3.05) is 12.0 Å². The Morgan fingerprint density at radius 3 is 2.43 bits per heavy atom. The number of imide groups is 1.